The molecule has 0 saturated heterocycles. The summed E-state index contributed by atoms with van der Waals surface area (Å²) in [5, 5.41) is 20.0. The second-order valence-electron chi connectivity index (χ2n) is 3.83. The van der Waals surface area contributed by atoms with Gasteiger partial charge in [0.05, 0.1) is 0 Å². The molecule has 0 unspecified atom stereocenters. The van der Waals surface area contributed by atoms with Gasteiger partial charge in [0.25, 0.3) is 0 Å². The van der Waals surface area contributed by atoms with Crippen LogP contribution >= 0.6 is 0 Å². The van der Waals surface area contributed by atoms with Crippen LogP contribution in [0.15, 0.2) is 72.8 Å². The van der Waals surface area contributed by atoms with Gasteiger partial charge >= 0.3 is 0 Å². The minimum Gasteiger partial charge on any atom is -0.508 e. The van der Waals surface area contributed by atoms with Crippen LogP contribution in [-0.2, 0) is 4.79 Å². The van der Waals surface area contributed by atoms with Crippen molar-refractivity contribution in [3.8, 4) is 11.5 Å². The molecule has 3 nitrogen and oxygen atoms in total. The van der Waals surface area contributed by atoms with Gasteiger partial charge in [-0.1, -0.05) is 54.6 Å². The zero-order chi connectivity index (χ0) is 14.8. The predicted molar refractivity (Wildman–Crippen MR) is 80.8 cm³/mol. The van der Waals surface area contributed by atoms with Gasteiger partial charge in [-0.3, -0.25) is 0 Å². The summed E-state index contributed by atoms with van der Waals surface area (Å²) in [6, 6.07) is 22.0. The van der Waals surface area contributed by atoms with Crippen LogP contribution in [-0.4, -0.2) is 17.0 Å². The highest BCUT2D eigenvalue weighted by Crippen LogP contribution is 2.22. The lowest BCUT2D eigenvalue weighted by Gasteiger charge is -1.97. The normalized spacial score (nSPS) is 8.80. The van der Waals surface area contributed by atoms with Crippen LogP contribution in [0.1, 0.15) is 0 Å². The fraction of sp³-hybridized carbons (Fsp3) is 0. The van der Waals surface area contributed by atoms with E-state index in [-0.39, 0.29) is 0 Å². The Hall–Kier alpha value is -2.81. The Balaban J connectivity index is 0.000000193. The van der Waals surface area contributed by atoms with E-state index in [1.54, 1.807) is 30.3 Å². The van der Waals surface area contributed by atoms with Crippen molar-refractivity contribution in [3.63, 3.8) is 0 Å². The quantitative estimate of drug-likeness (QED) is 0.652. The van der Waals surface area contributed by atoms with Gasteiger partial charge in [0, 0.05) is 5.39 Å². The Morgan fingerprint density at radius 2 is 1.20 bits per heavy atom. The number of phenolic OH excluding ortho intramolecular Hbond substituents is 2. The molecule has 102 valence electrons. The Morgan fingerprint density at radius 3 is 1.75 bits per heavy atom. The molecular weight excluding hydrogens is 252 g/mol. The van der Waals surface area contributed by atoms with Crippen LogP contribution in [0.3, 0.4) is 0 Å². The summed E-state index contributed by atoms with van der Waals surface area (Å²) in [6.45, 7) is 2.00. The van der Waals surface area contributed by atoms with Crippen molar-refractivity contribution in [1.82, 2.24) is 0 Å². The van der Waals surface area contributed by atoms with Gasteiger partial charge in [0.15, 0.2) is 0 Å². The predicted octanol–water partition coefficient (Wildman–Crippen LogP) is 3.75. The molecule has 0 aliphatic rings. The molecule has 0 amide bonds. The first kappa shape index (κ1) is 15.2. The molecule has 0 aliphatic carbocycles. The molecule has 0 bridgehead atoms. The van der Waals surface area contributed by atoms with Gasteiger partial charge in [0.2, 0.25) is 0 Å². The van der Waals surface area contributed by atoms with Crippen LogP contribution in [0, 0.1) is 0 Å². The van der Waals surface area contributed by atoms with Crippen LogP contribution in [0.5, 0.6) is 11.5 Å². The molecule has 20 heavy (non-hydrogen) atoms. The summed E-state index contributed by atoms with van der Waals surface area (Å²) >= 11 is 0. The Kier molecular flexibility index (Phi) is 6.34. The van der Waals surface area contributed by atoms with E-state index in [0.29, 0.717) is 11.5 Å². The zero-order valence-electron chi connectivity index (χ0n) is 10.9. The molecule has 0 spiro atoms. The number of para-hydroxylation sites is 1. The lowest BCUT2D eigenvalue weighted by Crippen LogP contribution is -1.70. The molecule has 3 heteroatoms. The van der Waals surface area contributed by atoms with E-state index in [1.165, 1.54) is 0 Å². The number of benzene rings is 3. The maximum Gasteiger partial charge on any atom is 0.123 e. The van der Waals surface area contributed by atoms with E-state index in [2.05, 4.69) is 0 Å². The van der Waals surface area contributed by atoms with Crippen molar-refractivity contribution >= 4 is 17.6 Å². The monoisotopic (exact) mass is 268 g/mol. The van der Waals surface area contributed by atoms with E-state index < -0.39 is 0 Å². The molecule has 0 heterocycles. The van der Waals surface area contributed by atoms with Crippen molar-refractivity contribution in [2.45, 2.75) is 0 Å². The topological polar surface area (TPSA) is 57.5 Å². The fourth-order valence-corrected chi connectivity index (χ4v) is 1.64. The Morgan fingerprint density at radius 1 is 0.650 bits per heavy atom. The molecular formula is C17H16O3. The standard InChI is InChI=1S/C10H8O.C6H6O.CH2O/c11-10-7-3-5-8-4-1-2-6-9(8)10;7-6-4-2-1-3-5-6;1-2/h1-7,11H;1-5,7H;1H2. The number of carbonyl (C=O) groups excluding carboxylic acids is 1. The molecule has 3 rings (SSSR count). The maximum atomic E-state index is 9.37. The number of hydrogen-bond acceptors (Lipinski definition) is 3. The largest absolute Gasteiger partial charge is 0.508 e. The highest BCUT2D eigenvalue weighted by molar-refractivity contribution is 5.87. The average Bonchev–Trinajstić information content (AvgIpc) is 2.51. The van der Waals surface area contributed by atoms with Gasteiger partial charge in [-0.25, -0.2) is 0 Å². The van der Waals surface area contributed by atoms with Gasteiger partial charge in [-0.15, -0.1) is 0 Å². The summed E-state index contributed by atoms with van der Waals surface area (Å²) in [6.07, 6.45) is 0. The van der Waals surface area contributed by atoms with Gasteiger partial charge in [-0.05, 0) is 23.6 Å². The van der Waals surface area contributed by atoms with Gasteiger partial charge in [0.1, 0.15) is 18.3 Å². The molecule has 0 radical (unpaired) electrons. The SMILES string of the molecule is C=O.Oc1cccc2ccccc12.Oc1ccccc1. The van der Waals surface area contributed by atoms with Crippen LogP contribution < -0.4 is 0 Å². The van der Waals surface area contributed by atoms with Crippen molar-refractivity contribution in [3.05, 3.63) is 72.8 Å². The minimum absolute atomic E-state index is 0.322. The molecule has 0 atom stereocenters. The van der Waals surface area contributed by atoms with E-state index >= 15 is 0 Å². The molecule has 0 saturated carbocycles. The van der Waals surface area contributed by atoms with Gasteiger partial charge in [-0.2, -0.15) is 0 Å². The highest BCUT2D eigenvalue weighted by atomic mass is 16.3. The summed E-state index contributed by atoms with van der Waals surface area (Å²) in [5.74, 6) is 0.672. The third-order valence-corrected chi connectivity index (χ3v) is 2.52. The summed E-state index contributed by atoms with van der Waals surface area (Å²) in [4.78, 5) is 8.00. The lowest BCUT2D eigenvalue weighted by atomic mass is 10.1. The second-order valence-corrected chi connectivity index (χ2v) is 3.83. The first-order chi connectivity index (χ1) is 9.77. The molecule has 0 aliphatic heterocycles. The number of rotatable bonds is 0. The van der Waals surface area contributed by atoms with E-state index in [4.69, 9.17) is 9.90 Å². The molecule has 0 aromatic heterocycles. The van der Waals surface area contributed by atoms with Crippen molar-refractivity contribution < 1.29 is 15.0 Å². The average molecular weight is 268 g/mol. The van der Waals surface area contributed by atoms with E-state index in [1.807, 2.05) is 49.3 Å². The third-order valence-electron chi connectivity index (χ3n) is 2.52. The highest BCUT2D eigenvalue weighted by Gasteiger charge is 1.94. The summed E-state index contributed by atoms with van der Waals surface area (Å²) in [7, 11) is 0. The second kappa shape index (κ2) is 8.32. The van der Waals surface area contributed by atoms with Crippen molar-refractivity contribution in [2.75, 3.05) is 0 Å². The first-order valence-corrected chi connectivity index (χ1v) is 5.97. The third kappa shape index (κ3) is 4.46. The maximum absolute atomic E-state index is 9.37. The molecule has 2 N–H and O–H groups in total. The zero-order valence-corrected chi connectivity index (χ0v) is 10.9. The lowest BCUT2D eigenvalue weighted by molar-refractivity contribution is -0.0979. The van der Waals surface area contributed by atoms with E-state index in [9.17, 15) is 5.11 Å². The number of fused-ring (bicyclic) bond motifs is 1. The number of phenols is 2. The molecule has 3 aromatic rings. The Bertz CT molecular complexity index is 631. The van der Waals surface area contributed by atoms with E-state index in [0.717, 1.165) is 10.8 Å². The molecule has 3 aromatic carbocycles. The summed E-state index contributed by atoms with van der Waals surface area (Å²) in [5.41, 5.74) is 0. The molecule has 0 fully saturated rings. The number of aromatic hydroxyl groups is 2. The minimum atomic E-state index is 0.322. The Labute approximate surface area is 117 Å². The van der Waals surface area contributed by atoms with Crippen LogP contribution in [0.25, 0.3) is 10.8 Å². The van der Waals surface area contributed by atoms with Crippen LogP contribution in [0.2, 0.25) is 0 Å². The fourth-order valence-electron chi connectivity index (χ4n) is 1.64. The smallest absolute Gasteiger partial charge is 0.123 e. The summed E-state index contributed by atoms with van der Waals surface area (Å²) < 4.78 is 0. The number of carbonyl (C=O) groups is 1. The van der Waals surface area contributed by atoms with Crippen molar-refractivity contribution in [1.29, 1.82) is 0 Å². The van der Waals surface area contributed by atoms with Crippen molar-refractivity contribution in [2.24, 2.45) is 0 Å². The van der Waals surface area contributed by atoms with Gasteiger partial charge < -0.3 is 15.0 Å². The first-order valence-electron chi connectivity index (χ1n) is 5.97. The van der Waals surface area contributed by atoms with Crippen LogP contribution in [0.4, 0.5) is 0 Å². The number of hydrogen-bond donors (Lipinski definition) is 2.